The summed E-state index contributed by atoms with van der Waals surface area (Å²) in [7, 11) is 0. The number of hydrogen-bond donors (Lipinski definition) is 1. The van der Waals surface area contributed by atoms with Crippen LogP contribution in [0.4, 0.5) is 5.82 Å². The van der Waals surface area contributed by atoms with Crippen molar-refractivity contribution in [1.29, 1.82) is 0 Å². The molecule has 0 aliphatic carbocycles. The number of nitrogens with zero attached hydrogens (tertiary/aromatic N) is 3. The van der Waals surface area contributed by atoms with Crippen molar-refractivity contribution in [2.45, 2.75) is 45.8 Å². The molecule has 1 unspecified atom stereocenters. The third-order valence-corrected chi connectivity index (χ3v) is 8.65. The Kier molecular flexibility index (Phi) is 7.28. The molecule has 204 valence electrons. The van der Waals surface area contributed by atoms with Gasteiger partial charge in [-0.2, -0.15) is 0 Å². The molecule has 2 aromatic carbocycles. The van der Waals surface area contributed by atoms with E-state index in [1.54, 1.807) is 0 Å². The van der Waals surface area contributed by atoms with Crippen molar-refractivity contribution >= 4 is 11.8 Å². The SMILES string of the molecule is Cc1ccc(OCc2ccc3c(c2C)CCN(C2COC2)CC3)c(-c2cccc(N3CCC(C(=O)O)C3)n2)c1. The van der Waals surface area contributed by atoms with E-state index in [9.17, 15) is 9.90 Å². The third kappa shape index (κ3) is 5.38. The van der Waals surface area contributed by atoms with Crippen LogP contribution in [0.15, 0.2) is 48.5 Å². The Morgan fingerprint density at radius 2 is 1.92 bits per heavy atom. The van der Waals surface area contributed by atoms with Crippen LogP contribution in [0.1, 0.15) is 34.2 Å². The van der Waals surface area contributed by atoms with Crippen LogP contribution in [0.3, 0.4) is 0 Å². The zero-order valence-corrected chi connectivity index (χ0v) is 22.9. The van der Waals surface area contributed by atoms with Crippen molar-refractivity contribution in [1.82, 2.24) is 9.88 Å². The van der Waals surface area contributed by atoms with E-state index in [0.29, 0.717) is 32.2 Å². The van der Waals surface area contributed by atoms with Gasteiger partial charge in [-0.3, -0.25) is 9.69 Å². The molecule has 1 aromatic heterocycles. The van der Waals surface area contributed by atoms with E-state index in [2.05, 4.69) is 47.9 Å². The van der Waals surface area contributed by atoms with Gasteiger partial charge in [0.1, 0.15) is 18.2 Å². The lowest BCUT2D eigenvalue weighted by Gasteiger charge is -2.36. The fourth-order valence-corrected chi connectivity index (χ4v) is 6.08. The number of aromatic nitrogens is 1. The normalized spacial score (nSPS) is 19.8. The first-order valence-electron chi connectivity index (χ1n) is 14.1. The molecule has 0 amide bonds. The minimum Gasteiger partial charge on any atom is -0.488 e. The van der Waals surface area contributed by atoms with Crippen molar-refractivity contribution < 1.29 is 19.4 Å². The lowest BCUT2D eigenvalue weighted by molar-refractivity contribution is -0.140. The Balaban J connectivity index is 1.20. The molecule has 7 nitrogen and oxygen atoms in total. The van der Waals surface area contributed by atoms with Gasteiger partial charge < -0.3 is 19.5 Å². The predicted molar refractivity (Wildman–Crippen MR) is 151 cm³/mol. The zero-order valence-electron chi connectivity index (χ0n) is 22.9. The van der Waals surface area contributed by atoms with Crippen LogP contribution < -0.4 is 9.64 Å². The monoisotopic (exact) mass is 527 g/mol. The molecule has 0 radical (unpaired) electrons. The molecule has 3 aliphatic rings. The van der Waals surface area contributed by atoms with Gasteiger partial charge in [-0.25, -0.2) is 4.98 Å². The molecule has 0 bridgehead atoms. The molecular formula is C32H37N3O4. The van der Waals surface area contributed by atoms with E-state index < -0.39 is 5.97 Å². The second-order valence-corrected chi connectivity index (χ2v) is 11.2. The van der Waals surface area contributed by atoms with Gasteiger partial charge >= 0.3 is 5.97 Å². The Labute approximate surface area is 230 Å². The summed E-state index contributed by atoms with van der Waals surface area (Å²) in [6, 6.07) is 17.3. The first kappa shape index (κ1) is 25.8. The summed E-state index contributed by atoms with van der Waals surface area (Å²) in [5, 5.41) is 9.41. The van der Waals surface area contributed by atoms with E-state index in [4.69, 9.17) is 14.5 Å². The predicted octanol–water partition coefficient (Wildman–Crippen LogP) is 4.65. The first-order chi connectivity index (χ1) is 19.0. The molecule has 1 atom stereocenters. The molecule has 39 heavy (non-hydrogen) atoms. The molecule has 2 fully saturated rings. The molecular weight excluding hydrogens is 490 g/mol. The molecule has 6 rings (SSSR count). The minimum atomic E-state index is -0.735. The Bertz CT molecular complexity index is 1370. The average Bonchev–Trinajstić information content (AvgIpc) is 3.32. The smallest absolute Gasteiger partial charge is 0.308 e. The quantitative estimate of drug-likeness (QED) is 0.479. The van der Waals surface area contributed by atoms with Gasteiger partial charge in [-0.1, -0.05) is 29.8 Å². The van der Waals surface area contributed by atoms with E-state index in [1.807, 2.05) is 24.3 Å². The van der Waals surface area contributed by atoms with Gasteiger partial charge in [0.15, 0.2) is 0 Å². The molecule has 7 heteroatoms. The number of anilines is 1. The molecule has 3 aromatic rings. The van der Waals surface area contributed by atoms with Crippen LogP contribution in [0.2, 0.25) is 0 Å². The number of carboxylic acid groups (broad SMARTS) is 1. The zero-order chi connectivity index (χ0) is 26.9. The second-order valence-electron chi connectivity index (χ2n) is 11.2. The van der Waals surface area contributed by atoms with E-state index >= 15 is 0 Å². The lowest BCUT2D eigenvalue weighted by atomic mass is 9.94. The Morgan fingerprint density at radius 3 is 2.69 bits per heavy atom. The molecule has 4 heterocycles. The summed E-state index contributed by atoms with van der Waals surface area (Å²) in [5.41, 5.74) is 8.43. The first-order valence-corrected chi connectivity index (χ1v) is 14.1. The van der Waals surface area contributed by atoms with Crippen molar-refractivity contribution in [2.75, 3.05) is 44.3 Å². The van der Waals surface area contributed by atoms with Crippen LogP contribution in [0.25, 0.3) is 11.3 Å². The maximum Gasteiger partial charge on any atom is 0.308 e. The number of fused-ring (bicyclic) bond motifs is 1. The van der Waals surface area contributed by atoms with Crippen molar-refractivity contribution in [3.8, 4) is 17.0 Å². The largest absolute Gasteiger partial charge is 0.488 e. The Hall–Kier alpha value is -3.42. The van der Waals surface area contributed by atoms with Crippen molar-refractivity contribution in [2.24, 2.45) is 5.92 Å². The summed E-state index contributed by atoms with van der Waals surface area (Å²) >= 11 is 0. The minimum absolute atomic E-state index is 0.340. The molecule has 0 saturated carbocycles. The highest BCUT2D eigenvalue weighted by atomic mass is 16.5. The highest BCUT2D eigenvalue weighted by Gasteiger charge is 2.29. The molecule has 1 N–H and O–H groups in total. The number of hydrogen-bond acceptors (Lipinski definition) is 6. The molecule has 2 saturated heterocycles. The summed E-state index contributed by atoms with van der Waals surface area (Å²) in [4.78, 5) is 21.0. The maximum absolute atomic E-state index is 11.4. The van der Waals surface area contributed by atoms with E-state index in [0.717, 1.165) is 67.5 Å². The summed E-state index contributed by atoms with van der Waals surface area (Å²) in [5.74, 6) is 0.544. The lowest BCUT2D eigenvalue weighted by Crippen LogP contribution is -2.49. The number of aryl methyl sites for hydroxylation is 1. The van der Waals surface area contributed by atoms with Gasteiger partial charge in [0.25, 0.3) is 0 Å². The third-order valence-electron chi connectivity index (χ3n) is 8.65. The Morgan fingerprint density at radius 1 is 1.08 bits per heavy atom. The highest BCUT2D eigenvalue weighted by Crippen LogP contribution is 2.33. The van der Waals surface area contributed by atoms with Crippen LogP contribution in [0, 0.1) is 19.8 Å². The topological polar surface area (TPSA) is 75.1 Å². The van der Waals surface area contributed by atoms with Gasteiger partial charge in [0, 0.05) is 31.7 Å². The summed E-state index contributed by atoms with van der Waals surface area (Å²) in [6.07, 6.45) is 2.80. The van der Waals surface area contributed by atoms with Crippen LogP contribution >= 0.6 is 0 Å². The number of carboxylic acids is 1. The van der Waals surface area contributed by atoms with Crippen molar-refractivity contribution in [3.63, 3.8) is 0 Å². The number of pyridine rings is 1. The number of rotatable bonds is 7. The van der Waals surface area contributed by atoms with Crippen LogP contribution in [0.5, 0.6) is 5.75 Å². The maximum atomic E-state index is 11.4. The number of ether oxygens (including phenoxy) is 2. The summed E-state index contributed by atoms with van der Waals surface area (Å²) in [6.45, 7) is 9.93. The number of benzene rings is 2. The second kappa shape index (κ2) is 11.0. The molecule has 3 aliphatic heterocycles. The fourth-order valence-electron chi connectivity index (χ4n) is 6.08. The fraction of sp³-hybridized carbons (Fsp3) is 0.438. The van der Waals surface area contributed by atoms with E-state index in [-0.39, 0.29) is 5.92 Å². The number of aliphatic carboxylic acids is 1. The summed E-state index contributed by atoms with van der Waals surface area (Å²) < 4.78 is 11.9. The molecule has 0 spiro atoms. The van der Waals surface area contributed by atoms with Gasteiger partial charge in [0.2, 0.25) is 0 Å². The van der Waals surface area contributed by atoms with Crippen molar-refractivity contribution in [3.05, 3.63) is 76.3 Å². The number of carbonyl (C=O) groups is 1. The van der Waals surface area contributed by atoms with E-state index in [1.165, 1.54) is 22.3 Å². The van der Waals surface area contributed by atoms with Crippen LogP contribution in [-0.4, -0.2) is 66.4 Å². The van der Waals surface area contributed by atoms with Gasteiger partial charge in [0.05, 0.1) is 30.9 Å². The van der Waals surface area contributed by atoms with Crippen LogP contribution in [-0.2, 0) is 29.0 Å². The highest BCUT2D eigenvalue weighted by molar-refractivity contribution is 5.73. The van der Waals surface area contributed by atoms with Gasteiger partial charge in [-0.05, 0) is 79.6 Å². The average molecular weight is 528 g/mol. The van der Waals surface area contributed by atoms with Gasteiger partial charge in [-0.15, -0.1) is 0 Å². The standard InChI is InChI=1S/C32H37N3O4/c1-21-6-9-30(28(16-21)29-4-3-5-31(33-29)35-14-11-24(17-35)32(36)37)39-18-25-8-7-23-10-13-34(26-19-38-20-26)15-12-27(23)22(25)2/h3-9,16,24,26H,10-15,17-20H2,1-2H3,(H,36,37).